The lowest BCUT2D eigenvalue weighted by Gasteiger charge is -2.12. The molecule has 0 N–H and O–H groups in total. The largest absolute Gasteiger partial charge is 0.316 e. The Bertz CT molecular complexity index is 2110. The first kappa shape index (κ1) is 21.9. The lowest BCUT2D eigenvalue weighted by atomic mass is 9.92. The van der Waals surface area contributed by atoms with Crippen LogP contribution in [0.15, 0.2) is 152 Å². The van der Waals surface area contributed by atoms with Crippen molar-refractivity contribution in [3.8, 4) is 27.9 Å². The predicted octanol–water partition coefficient (Wildman–Crippen LogP) is 10.4. The topological polar surface area (TPSA) is 4.93 Å². The van der Waals surface area contributed by atoms with E-state index in [2.05, 4.69) is 156 Å². The standard InChI is InChI=1S/C38H25N/c1-2-10-29(11-3-1)39-25-37(35-16-8-9-17-38(35)39)27-20-18-26(19-21-27)28-22-23-34-32-14-5-4-12-30(32)31-13-6-7-15-33(31)36(34)24-28/h1-25H. The number of benzene rings is 7. The van der Waals surface area contributed by atoms with Gasteiger partial charge in [0.25, 0.3) is 0 Å². The quantitative estimate of drug-likeness (QED) is 0.215. The lowest BCUT2D eigenvalue weighted by Crippen LogP contribution is -1.90. The summed E-state index contributed by atoms with van der Waals surface area (Å²) in [5, 5.41) is 9.10. The average Bonchev–Trinajstić information content (AvgIpc) is 3.41. The van der Waals surface area contributed by atoms with E-state index in [-0.39, 0.29) is 0 Å². The Morgan fingerprint density at radius 3 is 1.49 bits per heavy atom. The van der Waals surface area contributed by atoms with Crippen molar-refractivity contribution in [1.29, 1.82) is 0 Å². The zero-order valence-electron chi connectivity index (χ0n) is 21.4. The second-order valence-corrected chi connectivity index (χ2v) is 10.2. The van der Waals surface area contributed by atoms with E-state index >= 15 is 0 Å². The molecule has 0 unspecified atom stereocenters. The first-order valence-electron chi connectivity index (χ1n) is 13.4. The van der Waals surface area contributed by atoms with Gasteiger partial charge in [0.1, 0.15) is 0 Å². The van der Waals surface area contributed by atoms with Gasteiger partial charge in [-0.2, -0.15) is 0 Å². The minimum absolute atomic E-state index is 1.17. The van der Waals surface area contributed by atoms with E-state index in [1.54, 1.807) is 0 Å². The van der Waals surface area contributed by atoms with E-state index < -0.39 is 0 Å². The highest BCUT2D eigenvalue weighted by Crippen LogP contribution is 2.38. The number of hydrogen-bond donors (Lipinski definition) is 0. The Morgan fingerprint density at radius 2 is 0.821 bits per heavy atom. The Labute approximate surface area is 227 Å². The average molecular weight is 496 g/mol. The van der Waals surface area contributed by atoms with Gasteiger partial charge >= 0.3 is 0 Å². The van der Waals surface area contributed by atoms with Gasteiger partial charge in [0.15, 0.2) is 0 Å². The molecular weight excluding hydrogens is 470 g/mol. The van der Waals surface area contributed by atoms with Gasteiger partial charge in [0.05, 0.1) is 5.52 Å². The Kier molecular flexibility index (Phi) is 4.89. The summed E-state index contributed by atoms with van der Waals surface area (Å²) in [7, 11) is 0. The molecular formula is C38H25N. The number of nitrogens with zero attached hydrogens (tertiary/aromatic N) is 1. The van der Waals surface area contributed by atoms with Gasteiger partial charge in [-0.1, -0.05) is 121 Å². The van der Waals surface area contributed by atoms with Crippen molar-refractivity contribution in [2.45, 2.75) is 0 Å². The Morgan fingerprint density at radius 1 is 0.333 bits per heavy atom. The van der Waals surface area contributed by atoms with Gasteiger partial charge in [0, 0.05) is 22.8 Å². The maximum atomic E-state index is 2.36. The molecule has 0 atom stereocenters. The molecule has 0 saturated carbocycles. The van der Waals surface area contributed by atoms with Crippen molar-refractivity contribution in [2.24, 2.45) is 0 Å². The van der Waals surface area contributed by atoms with Crippen LogP contribution in [-0.4, -0.2) is 4.57 Å². The van der Waals surface area contributed by atoms with Crippen molar-refractivity contribution in [3.05, 3.63) is 152 Å². The molecule has 0 aliphatic rings. The van der Waals surface area contributed by atoms with E-state index in [1.165, 1.54) is 71.2 Å². The molecule has 0 fully saturated rings. The number of hydrogen-bond acceptors (Lipinski definition) is 0. The molecule has 1 heteroatoms. The van der Waals surface area contributed by atoms with Crippen LogP contribution in [0.5, 0.6) is 0 Å². The summed E-state index contributed by atoms with van der Waals surface area (Å²) >= 11 is 0. The van der Waals surface area contributed by atoms with Gasteiger partial charge in [-0.25, -0.2) is 0 Å². The summed E-state index contributed by atoms with van der Waals surface area (Å²) in [5.41, 5.74) is 7.33. The molecule has 0 amide bonds. The third kappa shape index (κ3) is 3.48. The molecule has 0 bridgehead atoms. The molecule has 0 spiro atoms. The summed E-state index contributed by atoms with van der Waals surface area (Å²) in [6, 6.07) is 52.7. The third-order valence-electron chi connectivity index (χ3n) is 8.02. The fourth-order valence-corrected chi connectivity index (χ4v) is 6.14. The predicted molar refractivity (Wildman–Crippen MR) is 167 cm³/mol. The summed E-state index contributed by atoms with van der Waals surface area (Å²) in [6.45, 7) is 0. The van der Waals surface area contributed by atoms with E-state index in [0.717, 1.165) is 0 Å². The second kappa shape index (κ2) is 8.72. The second-order valence-electron chi connectivity index (χ2n) is 10.2. The highest BCUT2D eigenvalue weighted by Gasteiger charge is 2.13. The fourth-order valence-electron chi connectivity index (χ4n) is 6.14. The van der Waals surface area contributed by atoms with Crippen LogP contribution in [0.1, 0.15) is 0 Å². The van der Waals surface area contributed by atoms with Gasteiger partial charge < -0.3 is 4.57 Å². The number of para-hydroxylation sites is 2. The van der Waals surface area contributed by atoms with Crippen molar-refractivity contribution in [1.82, 2.24) is 4.57 Å². The summed E-state index contributed by atoms with van der Waals surface area (Å²) in [6.07, 6.45) is 2.27. The number of rotatable bonds is 3. The van der Waals surface area contributed by atoms with Crippen LogP contribution in [0.3, 0.4) is 0 Å². The van der Waals surface area contributed by atoms with E-state index in [4.69, 9.17) is 0 Å². The SMILES string of the molecule is c1ccc(-n2cc(-c3ccc(-c4ccc5c6ccccc6c6ccccc6c5c4)cc3)c3ccccc32)cc1. The maximum absolute atomic E-state index is 2.36. The van der Waals surface area contributed by atoms with Crippen molar-refractivity contribution in [3.63, 3.8) is 0 Å². The van der Waals surface area contributed by atoms with Gasteiger partial charge in [0.2, 0.25) is 0 Å². The smallest absolute Gasteiger partial charge is 0.0534 e. The Balaban J connectivity index is 1.26. The van der Waals surface area contributed by atoms with Gasteiger partial charge in [-0.15, -0.1) is 0 Å². The van der Waals surface area contributed by atoms with E-state index in [9.17, 15) is 0 Å². The van der Waals surface area contributed by atoms with Crippen LogP contribution in [0, 0.1) is 0 Å². The maximum Gasteiger partial charge on any atom is 0.0534 e. The minimum Gasteiger partial charge on any atom is -0.316 e. The molecule has 8 aromatic rings. The van der Waals surface area contributed by atoms with Crippen LogP contribution in [-0.2, 0) is 0 Å². The summed E-state index contributed by atoms with van der Waals surface area (Å²) < 4.78 is 2.29. The van der Waals surface area contributed by atoms with Crippen molar-refractivity contribution < 1.29 is 0 Å². The monoisotopic (exact) mass is 495 g/mol. The third-order valence-corrected chi connectivity index (χ3v) is 8.02. The lowest BCUT2D eigenvalue weighted by molar-refractivity contribution is 1.13. The molecule has 1 heterocycles. The van der Waals surface area contributed by atoms with Crippen LogP contribution in [0.2, 0.25) is 0 Å². The molecule has 8 rings (SSSR count). The van der Waals surface area contributed by atoms with Crippen LogP contribution >= 0.6 is 0 Å². The zero-order chi connectivity index (χ0) is 25.8. The molecule has 39 heavy (non-hydrogen) atoms. The van der Waals surface area contributed by atoms with E-state index in [1.807, 2.05) is 0 Å². The molecule has 0 aliphatic carbocycles. The highest BCUT2D eigenvalue weighted by molar-refractivity contribution is 6.25. The Hall–Kier alpha value is -5.14. The normalized spacial score (nSPS) is 11.6. The molecule has 0 saturated heterocycles. The molecule has 1 nitrogen and oxygen atoms in total. The summed E-state index contributed by atoms with van der Waals surface area (Å²) in [4.78, 5) is 0. The molecule has 1 aromatic heterocycles. The first-order valence-corrected chi connectivity index (χ1v) is 13.4. The molecule has 7 aromatic carbocycles. The summed E-state index contributed by atoms with van der Waals surface area (Å²) in [5.74, 6) is 0. The van der Waals surface area contributed by atoms with Crippen LogP contribution in [0.4, 0.5) is 0 Å². The van der Waals surface area contributed by atoms with Crippen LogP contribution < -0.4 is 0 Å². The van der Waals surface area contributed by atoms with Crippen LogP contribution in [0.25, 0.3) is 71.2 Å². The zero-order valence-corrected chi connectivity index (χ0v) is 21.4. The number of aromatic nitrogens is 1. The minimum atomic E-state index is 1.17. The van der Waals surface area contributed by atoms with Gasteiger partial charge in [-0.3, -0.25) is 0 Å². The van der Waals surface area contributed by atoms with Crippen molar-refractivity contribution in [2.75, 3.05) is 0 Å². The number of fused-ring (bicyclic) bond motifs is 7. The van der Waals surface area contributed by atoms with Gasteiger partial charge in [-0.05, 0) is 73.3 Å². The fraction of sp³-hybridized carbons (Fsp3) is 0. The molecule has 0 aliphatic heterocycles. The molecule has 182 valence electrons. The van der Waals surface area contributed by atoms with Crippen molar-refractivity contribution >= 4 is 43.2 Å². The first-order chi connectivity index (χ1) is 19.3. The molecule has 0 radical (unpaired) electrons. The van der Waals surface area contributed by atoms with E-state index in [0.29, 0.717) is 0 Å². The highest BCUT2D eigenvalue weighted by atomic mass is 15.0.